The summed E-state index contributed by atoms with van der Waals surface area (Å²) in [5.41, 5.74) is -0.176. The fourth-order valence-electron chi connectivity index (χ4n) is 2.29. The molecule has 1 N–H and O–H groups in total. The molecule has 1 unspecified atom stereocenters. The molecule has 2 aromatic rings. The zero-order chi connectivity index (χ0) is 15.0. The van der Waals surface area contributed by atoms with Crippen LogP contribution in [0.4, 0.5) is 13.2 Å². The summed E-state index contributed by atoms with van der Waals surface area (Å²) in [5.74, 6) is 0. The Hall–Kier alpha value is -1.95. The maximum absolute atomic E-state index is 13.0. The molecule has 3 rings (SSSR count). The zero-order valence-corrected chi connectivity index (χ0v) is 11.5. The highest BCUT2D eigenvalue weighted by atomic mass is 35.5. The van der Waals surface area contributed by atoms with Crippen LogP contribution in [0.1, 0.15) is 5.56 Å². The fraction of sp³-hybridized carbons (Fsp3) is 0.214. The van der Waals surface area contributed by atoms with E-state index in [0.717, 1.165) is 33.7 Å². The van der Waals surface area contributed by atoms with Gasteiger partial charge in [-0.3, -0.25) is 4.99 Å². The van der Waals surface area contributed by atoms with E-state index >= 15 is 0 Å². The molecule has 0 saturated carbocycles. The minimum absolute atomic E-state index is 0.0397. The number of nitrogens with zero attached hydrogens (tertiary/aromatic N) is 2. The predicted molar refractivity (Wildman–Crippen MR) is 76.1 cm³/mol. The van der Waals surface area contributed by atoms with Gasteiger partial charge < -0.3 is 9.88 Å². The molecule has 1 atom stereocenters. The third kappa shape index (κ3) is 2.76. The number of hydrogen-bond acceptors (Lipinski definition) is 2. The highest BCUT2D eigenvalue weighted by Crippen LogP contribution is 2.33. The summed E-state index contributed by atoms with van der Waals surface area (Å²) < 4.78 is 39.1. The average molecular weight is 314 g/mol. The zero-order valence-electron chi connectivity index (χ0n) is 10.7. The second-order valence-electron chi connectivity index (χ2n) is 4.69. The Morgan fingerprint density at radius 2 is 2.10 bits per heavy atom. The highest BCUT2D eigenvalue weighted by Gasteiger charge is 2.40. The number of benzene rings is 1. The predicted octanol–water partition coefficient (Wildman–Crippen LogP) is 4.02. The van der Waals surface area contributed by atoms with Crippen molar-refractivity contribution in [3.63, 3.8) is 0 Å². The molecule has 1 aliphatic heterocycles. The van der Waals surface area contributed by atoms with Crippen LogP contribution in [0.2, 0.25) is 0 Å². The van der Waals surface area contributed by atoms with Gasteiger partial charge in [0, 0.05) is 24.5 Å². The average Bonchev–Trinajstić information content (AvgIpc) is 2.87. The van der Waals surface area contributed by atoms with Crippen molar-refractivity contribution in [3.05, 3.63) is 47.8 Å². The van der Waals surface area contributed by atoms with Crippen molar-refractivity contribution in [1.82, 2.24) is 9.88 Å². The van der Waals surface area contributed by atoms with Crippen LogP contribution in [0.5, 0.6) is 0 Å². The lowest BCUT2D eigenvalue weighted by atomic mass is 10.1. The third-order valence-electron chi connectivity index (χ3n) is 3.27. The van der Waals surface area contributed by atoms with Gasteiger partial charge in [-0.25, -0.2) is 0 Å². The van der Waals surface area contributed by atoms with Crippen molar-refractivity contribution >= 4 is 28.7 Å². The molecule has 110 valence electrons. The second-order valence-corrected chi connectivity index (χ2v) is 5.08. The Morgan fingerprint density at radius 3 is 2.86 bits per heavy atom. The lowest BCUT2D eigenvalue weighted by Gasteiger charge is -2.32. The van der Waals surface area contributed by atoms with Crippen LogP contribution >= 0.6 is 11.6 Å². The molecule has 21 heavy (non-hydrogen) atoms. The van der Waals surface area contributed by atoms with Gasteiger partial charge in [0.1, 0.15) is 5.70 Å². The summed E-state index contributed by atoms with van der Waals surface area (Å²) in [6, 6.07) is 7.31. The molecule has 3 nitrogen and oxygen atoms in total. The summed E-state index contributed by atoms with van der Waals surface area (Å²) in [7, 11) is 0. The molecule has 7 heteroatoms. The molecule has 0 amide bonds. The normalized spacial score (nSPS) is 19.1. The van der Waals surface area contributed by atoms with E-state index in [1.165, 1.54) is 0 Å². The number of alkyl halides is 4. The van der Waals surface area contributed by atoms with Gasteiger partial charge in [-0.1, -0.05) is 17.7 Å². The van der Waals surface area contributed by atoms with Gasteiger partial charge in [0.25, 0.3) is 0 Å². The van der Waals surface area contributed by atoms with Gasteiger partial charge in [0.15, 0.2) is 5.62 Å². The van der Waals surface area contributed by atoms with Gasteiger partial charge in [-0.15, -0.1) is 0 Å². The van der Waals surface area contributed by atoms with Gasteiger partial charge in [-0.05, 0) is 35.2 Å². The first kappa shape index (κ1) is 14.0. The van der Waals surface area contributed by atoms with Crippen LogP contribution in [0.25, 0.3) is 10.9 Å². The maximum Gasteiger partial charge on any atom is 0.431 e. The Morgan fingerprint density at radius 1 is 1.29 bits per heavy atom. The summed E-state index contributed by atoms with van der Waals surface area (Å²) in [5, 5.41) is 0.941. The number of halogens is 4. The number of rotatable bonds is 2. The standard InChI is InChI=1S/C14H11ClF3N3/c15-13-20-6-4-12(14(16,17)18)21(13)8-9-1-2-11-10(7-9)3-5-19-11/h1-7,13,19H,8H2. The molecule has 0 radical (unpaired) electrons. The van der Waals surface area contributed by atoms with Crippen LogP contribution in [-0.4, -0.2) is 27.9 Å². The molecule has 1 aromatic carbocycles. The quantitative estimate of drug-likeness (QED) is 0.659. The van der Waals surface area contributed by atoms with Crippen LogP contribution in [0.15, 0.2) is 47.2 Å². The molecule has 0 spiro atoms. The van der Waals surface area contributed by atoms with Gasteiger partial charge in [0.2, 0.25) is 0 Å². The molecule has 0 aliphatic carbocycles. The summed E-state index contributed by atoms with van der Waals surface area (Å²) in [4.78, 5) is 7.88. The molecule has 0 fully saturated rings. The molecule has 2 heterocycles. The van der Waals surface area contributed by atoms with E-state index in [0.29, 0.717) is 0 Å². The first-order chi connectivity index (χ1) is 9.95. The number of aromatic nitrogens is 1. The van der Waals surface area contributed by atoms with Gasteiger partial charge in [-0.2, -0.15) is 13.2 Å². The van der Waals surface area contributed by atoms with E-state index in [2.05, 4.69) is 9.98 Å². The minimum Gasteiger partial charge on any atom is -0.361 e. The second kappa shape index (κ2) is 5.11. The van der Waals surface area contributed by atoms with Crippen LogP contribution in [0.3, 0.4) is 0 Å². The summed E-state index contributed by atoms with van der Waals surface area (Å²) in [6.07, 6.45) is -0.650. The monoisotopic (exact) mass is 313 g/mol. The largest absolute Gasteiger partial charge is 0.431 e. The number of hydrogen-bond donors (Lipinski definition) is 1. The lowest BCUT2D eigenvalue weighted by molar-refractivity contribution is -0.113. The van der Waals surface area contributed by atoms with Crippen molar-refractivity contribution in [3.8, 4) is 0 Å². The number of allylic oxidation sites excluding steroid dienone is 2. The van der Waals surface area contributed by atoms with Crippen molar-refractivity contribution in [2.24, 2.45) is 4.99 Å². The lowest BCUT2D eigenvalue weighted by Crippen LogP contribution is -2.37. The third-order valence-corrected chi connectivity index (χ3v) is 3.62. The van der Waals surface area contributed by atoms with Crippen molar-refractivity contribution in [2.75, 3.05) is 0 Å². The number of fused-ring (bicyclic) bond motifs is 1. The van der Waals surface area contributed by atoms with Crippen LogP contribution < -0.4 is 0 Å². The first-order valence-corrected chi connectivity index (χ1v) is 6.66. The first-order valence-electron chi connectivity index (χ1n) is 6.22. The van der Waals surface area contributed by atoms with Gasteiger partial charge in [0.05, 0.1) is 0 Å². The Kier molecular flexibility index (Phi) is 3.41. The van der Waals surface area contributed by atoms with Crippen molar-refractivity contribution in [1.29, 1.82) is 0 Å². The fourth-order valence-corrected chi connectivity index (χ4v) is 2.53. The SMILES string of the molecule is FC(F)(F)C1=CC=NC(Cl)N1Cc1ccc2[nH]ccc2c1. The van der Waals surface area contributed by atoms with E-state index in [1.54, 1.807) is 12.3 Å². The van der Waals surface area contributed by atoms with E-state index in [9.17, 15) is 13.2 Å². The van der Waals surface area contributed by atoms with Gasteiger partial charge >= 0.3 is 6.18 Å². The summed E-state index contributed by atoms with van der Waals surface area (Å²) >= 11 is 5.91. The molecular formula is C14H11ClF3N3. The van der Waals surface area contributed by atoms with Crippen molar-refractivity contribution in [2.45, 2.75) is 18.3 Å². The van der Waals surface area contributed by atoms with E-state index in [-0.39, 0.29) is 6.54 Å². The van der Waals surface area contributed by atoms with Crippen molar-refractivity contribution < 1.29 is 13.2 Å². The molecule has 1 aliphatic rings. The van der Waals surface area contributed by atoms with E-state index in [4.69, 9.17) is 11.6 Å². The smallest absolute Gasteiger partial charge is 0.361 e. The molecular weight excluding hydrogens is 303 g/mol. The van der Waals surface area contributed by atoms with Crippen LogP contribution in [-0.2, 0) is 6.54 Å². The number of aromatic amines is 1. The number of aliphatic imine (C=N–C) groups is 1. The maximum atomic E-state index is 13.0. The highest BCUT2D eigenvalue weighted by molar-refractivity contribution is 6.20. The topological polar surface area (TPSA) is 31.4 Å². The minimum atomic E-state index is -4.46. The Labute approximate surface area is 123 Å². The molecule has 0 bridgehead atoms. The van der Waals surface area contributed by atoms with E-state index < -0.39 is 17.5 Å². The Balaban J connectivity index is 1.91. The molecule has 0 saturated heterocycles. The van der Waals surface area contributed by atoms with Crippen LogP contribution in [0, 0.1) is 0 Å². The Bertz CT molecular complexity index is 718. The number of H-pyrrole nitrogens is 1. The molecule has 1 aromatic heterocycles. The summed E-state index contributed by atoms with van der Waals surface area (Å²) in [6.45, 7) is 0.0397. The number of nitrogens with one attached hydrogen (secondary N) is 1. The van der Waals surface area contributed by atoms with E-state index in [1.807, 2.05) is 18.2 Å².